The van der Waals surface area contributed by atoms with Crippen LogP contribution in [-0.2, 0) is 28.7 Å². The van der Waals surface area contributed by atoms with E-state index in [4.69, 9.17) is 5.73 Å². The van der Waals surface area contributed by atoms with E-state index in [1.807, 2.05) is 0 Å². The van der Waals surface area contributed by atoms with Gasteiger partial charge in [0.25, 0.3) is 6.43 Å². The topological polar surface area (TPSA) is 65.2 Å². The molecule has 4 nitrogen and oxygen atoms in total. The molecular formula is C11H11F5N2O2. The number of hydrogen-bond acceptors (Lipinski definition) is 4. The molecule has 0 unspecified atom stereocenters. The van der Waals surface area contributed by atoms with E-state index in [0.29, 0.717) is 0 Å². The number of alkyl halides is 5. The summed E-state index contributed by atoms with van der Waals surface area (Å²) >= 11 is 0. The molecule has 0 bridgehead atoms. The molecule has 2 N–H and O–H groups in total. The fourth-order valence-electron chi connectivity index (χ4n) is 1.67. The van der Waals surface area contributed by atoms with Gasteiger partial charge < -0.3 is 10.5 Å². The van der Waals surface area contributed by atoms with Crippen LogP contribution in [-0.4, -0.2) is 18.1 Å². The average Bonchev–Trinajstić information content (AvgIpc) is 2.36. The largest absolute Gasteiger partial charge is 0.469 e. The third-order valence-electron chi connectivity index (χ3n) is 2.58. The van der Waals surface area contributed by atoms with Crippen LogP contribution in [0.5, 0.6) is 0 Å². The molecule has 112 valence electrons. The van der Waals surface area contributed by atoms with Gasteiger partial charge in [-0.1, -0.05) is 0 Å². The number of carbonyl (C=O) groups excluding carboxylic acids is 1. The van der Waals surface area contributed by atoms with Crippen LogP contribution in [0.15, 0.2) is 6.20 Å². The number of halogens is 5. The third kappa shape index (κ3) is 3.41. The van der Waals surface area contributed by atoms with Crippen LogP contribution in [0.2, 0.25) is 0 Å². The number of methoxy groups -OCH3 is 1. The summed E-state index contributed by atoms with van der Waals surface area (Å²) in [4.78, 5) is 14.5. The maximum atomic E-state index is 12.9. The molecule has 0 aliphatic heterocycles. The molecule has 0 aliphatic carbocycles. The monoisotopic (exact) mass is 298 g/mol. The van der Waals surface area contributed by atoms with E-state index in [2.05, 4.69) is 9.72 Å². The highest BCUT2D eigenvalue weighted by Gasteiger charge is 2.38. The van der Waals surface area contributed by atoms with E-state index < -0.39 is 48.2 Å². The van der Waals surface area contributed by atoms with Crippen molar-refractivity contribution < 1.29 is 31.5 Å². The lowest BCUT2D eigenvalue weighted by Gasteiger charge is -2.17. The Balaban J connectivity index is 3.46. The molecule has 1 rings (SSSR count). The summed E-state index contributed by atoms with van der Waals surface area (Å²) in [5, 5.41) is 0. The van der Waals surface area contributed by atoms with Crippen molar-refractivity contribution >= 4 is 5.97 Å². The molecule has 0 saturated carbocycles. The first-order valence-corrected chi connectivity index (χ1v) is 5.35. The molecular weight excluding hydrogens is 287 g/mol. The molecule has 1 aromatic heterocycles. The van der Waals surface area contributed by atoms with Crippen LogP contribution in [0.1, 0.15) is 28.8 Å². The van der Waals surface area contributed by atoms with E-state index in [0.717, 1.165) is 7.11 Å². The Morgan fingerprint density at radius 3 is 2.45 bits per heavy atom. The van der Waals surface area contributed by atoms with Gasteiger partial charge in [-0.3, -0.25) is 9.78 Å². The lowest BCUT2D eigenvalue weighted by Crippen LogP contribution is -2.19. The Bertz CT molecular complexity index is 502. The maximum absolute atomic E-state index is 12.9. The highest BCUT2D eigenvalue weighted by molar-refractivity contribution is 5.72. The summed E-state index contributed by atoms with van der Waals surface area (Å²) in [6, 6.07) is 0. The van der Waals surface area contributed by atoms with Crippen LogP contribution in [0.25, 0.3) is 0 Å². The van der Waals surface area contributed by atoms with E-state index in [-0.39, 0.29) is 11.9 Å². The highest BCUT2D eigenvalue weighted by atomic mass is 19.4. The molecule has 0 fully saturated rings. The van der Waals surface area contributed by atoms with Crippen molar-refractivity contribution in [2.24, 2.45) is 5.73 Å². The fraction of sp³-hybridized carbons (Fsp3) is 0.455. The SMILES string of the molecule is COC(=O)Cc1ncc(C(F)(F)F)c(C(F)F)c1CN. The molecule has 0 aliphatic rings. The predicted molar refractivity (Wildman–Crippen MR) is 57.8 cm³/mol. The second-order valence-corrected chi connectivity index (χ2v) is 3.77. The van der Waals surface area contributed by atoms with Gasteiger partial charge in [-0.15, -0.1) is 0 Å². The molecule has 1 heterocycles. The van der Waals surface area contributed by atoms with Crippen LogP contribution < -0.4 is 5.73 Å². The van der Waals surface area contributed by atoms with Crippen molar-refractivity contribution in [2.75, 3.05) is 7.11 Å². The molecule has 9 heteroatoms. The van der Waals surface area contributed by atoms with Crippen molar-refractivity contribution in [3.8, 4) is 0 Å². The molecule has 0 saturated heterocycles. The Labute approximate surface area is 110 Å². The number of pyridine rings is 1. The van der Waals surface area contributed by atoms with Gasteiger partial charge in [-0.05, 0) is 5.56 Å². The average molecular weight is 298 g/mol. The number of aromatic nitrogens is 1. The van der Waals surface area contributed by atoms with E-state index in [9.17, 15) is 26.7 Å². The van der Waals surface area contributed by atoms with Crippen LogP contribution in [0.4, 0.5) is 22.0 Å². The molecule has 0 aromatic carbocycles. The number of esters is 1. The second-order valence-electron chi connectivity index (χ2n) is 3.77. The first kappa shape index (κ1) is 16.3. The second kappa shape index (κ2) is 6.12. The smallest absolute Gasteiger partial charge is 0.418 e. The molecule has 0 spiro atoms. The Morgan fingerprint density at radius 2 is 2.05 bits per heavy atom. The lowest BCUT2D eigenvalue weighted by atomic mass is 9.99. The summed E-state index contributed by atoms with van der Waals surface area (Å²) in [5.74, 6) is -0.813. The van der Waals surface area contributed by atoms with Gasteiger partial charge in [-0.25, -0.2) is 8.78 Å². The van der Waals surface area contributed by atoms with Crippen molar-refractivity contribution in [1.29, 1.82) is 0 Å². The van der Waals surface area contributed by atoms with Gasteiger partial charge >= 0.3 is 12.1 Å². The highest BCUT2D eigenvalue weighted by Crippen LogP contribution is 2.38. The number of ether oxygens (including phenoxy) is 1. The number of hydrogen-bond donors (Lipinski definition) is 1. The fourth-order valence-corrected chi connectivity index (χ4v) is 1.67. The van der Waals surface area contributed by atoms with Crippen molar-refractivity contribution in [2.45, 2.75) is 25.6 Å². The lowest BCUT2D eigenvalue weighted by molar-refractivity contribution is -0.140. The summed E-state index contributed by atoms with van der Waals surface area (Å²) in [6.07, 6.45) is -8.61. The molecule has 0 radical (unpaired) electrons. The zero-order valence-corrected chi connectivity index (χ0v) is 10.3. The Morgan fingerprint density at radius 1 is 1.45 bits per heavy atom. The van der Waals surface area contributed by atoms with Gasteiger partial charge in [0.2, 0.25) is 0 Å². The molecule has 0 amide bonds. The summed E-state index contributed by atoms with van der Waals surface area (Å²) in [7, 11) is 1.06. The zero-order valence-electron chi connectivity index (χ0n) is 10.3. The molecule has 1 aromatic rings. The standard InChI is InChI=1S/C11H11F5N2O2/c1-20-8(19)2-7-5(3-17)9(10(12)13)6(4-18-7)11(14,15)16/h4,10H,2-3,17H2,1H3. The van der Waals surface area contributed by atoms with Gasteiger partial charge in [0.05, 0.1) is 24.8 Å². The minimum atomic E-state index is -4.98. The number of rotatable bonds is 4. The number of nitrogens with zero attached hydrogens (tertiary/aromatic N) is 1. The van der Waals surface area contributed by atoms with Gasteiger partial charge in [0.1, 0.15) is 0 Å². The summed E-state index contributed by atoms with van der Waals surface area (Å²) in [5.41, 5.74) is 1.70. The van der Waals surface area contributed by atoms with Crippen LogP contribution in [0, 0.1) is 0 Å². The molecule has 20 heavy (non-hydrogen) atoms. The van der Waals surface area contributed by atoms with Crippen LogP contribution >= 0.6 is 0 Å². The molecule has 0 atom stereocenters. The van der Waals surface area contributed by atoms with Crippen molar-refractivity contribution in [1.82, 2.24) is 4.98 Å². The van der Waals surface area contributed by atoms with E-state index in [1.165, 1.54) is 0 Å². The first-order valence-electron chi connectivity index (χ1n) is 5.35. The quantitative estimate of drug-likeness (QED) is 0.683. The first-order chi connectivity index (χ1) is 9.22. The Kier molecular flexibility index (Phi) is 4.98. The van der Waals surface area contributed by atoms with Crippen molar-refractivity contribution in [3.63, 3.8) is 0 Å². The minimum Gasteiger partial charge on any atom is -0.469 e. The number of carbonyl (C=O) groups is 1. The third-order valence-corrected chi connectivity index (χ3v) is 2.58. The summed E-state index contributed by atoms with van der Waals surface area (Å²) in [6.45, 7) is -0.594. The normalized spacial score (nSPS) is 11.8. The van der Waals surface area contributed by atoms with Gasteiger partial charge in [0, 0.05) is 18.3 Å². The Hall–Kier alpha value is -1.77. The predicted octanol–water partition coefficient (Wildman–Crippen LogP) is 2.21. The van der Waals surface area contributed by atoms with Crippen molar-refractivity contribution in [3.05, 3.63) is 28.6 Å². The van der Waals surface area contributed by atoms with Gasteiger partial charge in [0.15, 0.2) is 0 Å². The number of nitrogens with two attached hydrogens (primary N) is 1. The maximum Gasteiger partial charge on any atom is 0.418 e. The van der Waals surface area contributed by atoms with Gasteiger partial charge in [-0.2, -0.15) is 13.2 Å². The van der Waals surface area contributed by atoms with E-state index >= 15 is 0 Å². The zero-order chi connectivity index (χ0) is 15.5. The van der Waals surface area contributed by atoms with Crippen LogP contribution in [0.3, 0.4) is 0 Å². The summed E-state index contributed by atoms with van der Waals surface area (Å²) < 4.78 is 68.2. The van der Waals surface area contributed by atoms with E-state index in [1.54, 1.807) is 0 Å². The minimum absolute atomic E-state index is 0.248.